The van der Waals surface area contributed by atoms with E-state index in [2.05, 4.69) is 10.6 Å². The second-order valence-electron chi connectivity index (χ2n) is 7.86. The molecule has 0 aromatic carbocycles. The molecule has 2 saturated carbocycles. The molecular weight excluding hydrogens is 260 g/mol. The number of rotatable bonds is 5. The zero-order valence-electron chi connectivity index (χ0n) is 13.6. The summed E-state index contributed by atoms with van der Waals surface area (Å²) < 4.78 is 0. The third-order valence-electron chi connectivity index (χ3n) is 6.42. The van der Waals surface area contributed by atoms with Crippen LogP contribution >= 0.6 is 0 Å². The molecule has 0 aromatic rings. The van der Waals surface area contributed by atoms with Crippen molar-refractivity contribution in [2.24, 2.45) is 11.3 Å². The molecule has 2 aliphatic carbocycles. The normalized spacial score (nSPS) is 36.7. The quantitative estimate of drug-likeness (QED) is 0.730. The van der Waals surface area contributed by atoms with Crippen LogP contribution in [-0.2, 0) is 0 Å². The highest BCUT2D eigenvalue weighted by molar-refractivity contribution is 4.93. The van der Waals surface area contributed by atoms with Crippen LogP contribution in [0.5, 0.6) is 0 Å². The maximum Gasteiger partial charge on any atom is 0.0499 e. The van der Waals surface area contributed by atoms with Crippen LogP contribution in [0.15, 0.2) is 0 Å². The van der Waals surface area contributed by atoms with Gasteiger partial charge in [-0.2, -0.15) is 0 Å². The number of nitrogens with one attached hydrogen (secondary N) is 2. The largest absolute Gasteiger partial charge is 0.396 e. The topological polar surface area (TPSA) is 44.3 Å². The minimum absolute atomic E-state index is 0.184. The van der Waals surface area contributed by atoms with Crippen LogP contribution in [0.3, 0.4) is 0 Å². The Labute approximate surface area is 130 Å². The van der Waals surface area contributed by atoms with E-state index in [1.807, 2.05) is 0 Å². The second kappa shape index (κ2) is 7.43. The van der Waals surface area contributed by atoms with E-state index in [1.165, 1.54) is 77.2 Å². The first-order valence-electron chi connectivity index (χ1n) is 9.41. The van der Waals surface area contributed by atoms with E-state index in [0.29, 0.717) is 12.6 Å². The Bertz CT molecular complexity index is 308. The van der Waals surface area contributed by atoms with Gasteiger partial charge in [0.25, 0.3) is 0 Å². The summed E-state index contributed by atoms with van der Waals surface area (Å²) >= 11 is 0. The van der Waals surface area contributed by atoms with Crippen molar-refractivity contribution in [3.63, 3.8) is 0 Å². The van der Waals surface area contributed by atoms with Gasteiger partial charge in [0.05, 0.1) is 0 Å². The van der Waals surface area contributed by atoms with Gasteiger partial charge in [-0.05, 0) is 51.0 Å². The monoisotopic (exact) mass is 294 g/mol. The summed E-state index contributed by atoms with van der Waals surface area (Å²) in [5.41, 5.74) is 0.184. The molecular formula is C18H34N2O. The van der Waals surface area contributed by atoms with Crippen LogP contribution in [0.25, 0.3) is 0 Å². The molecule has 3 N–H and O–H groups in total. The zero-order valence-corrected chi connectivity index (χ0v) is 13.6. The van der Waals surface area contributed by atoms with Gasteiger partial charge in [-0.15, -0.1) is 0 Å². The van der Waals surface area contributed by atoms with E-state index in [1.54, 1.807) is 0 Å². The van der Waals surface area contributed by atoms with Crippen LogP contribution in [0.2, 0.25) is 0 Å². The molecule has 122 valence electrons. The highest BCUT2D eigenvalue weighted by Crippen LogP contribution is 2.36. The predicted octanol–water partition coefficient (Wildman–Crippen LogP) is 2.83. The Kier molecular flexibility index (Phi) is 5.58. The zero-order chi connectivity index (χ0) is 14.5. The van der Waals surface area contributed by atoms with Crippen LogP contribution in [0.1, 0.15) is 70.6 Å². The molecule has 3 unspecified atom stereocenters. The summed E-state index contributed by atoms with van der Waals surface area (Å²) in [6.07, 6.45) is 14.7. The maximum atomic E-state index is 9.90. The second-order valence-corrected chi connectivity index (χ2v) is 7.86. The third kappa shape index (κ3) is 3.80. The van der Waals surface area contributed by atoms with Gasteiger partial charge < -0.3 is 15.7 Å². The van der Waals surface area contributed by atoms with Gasteiger partial charge in [-0.25, -0.2) is 0 Å². The first kappa shape index (κ1) is 15.8. The highest BCUT2D eigenvalue weighted by Gasteiger charge is 2.36. The summed E-state index contributed by atoms with van der Waals surface area (Å²) in [7, 11) is 0. The number of hydrogen-bond acceptors (Lipinski definition) is 3. The van der Waals surface area contributed by atoms with Gasteiger partial charge in [-0.3, -0.25) is 0 Å². The van der Waals surface area contributed by atoms with Gasteiger partial charge in [0.1, 0.15) is 0 Å². The SMILES string of the molecule is OCC1(CNC2CCCCC2C2CCCN2)CCCCC1. The highest BCUT2D eigenvalue weighted by atomic mass is 16.3. The standard InChI is InChI=1S/C18H34N2O/c21-14-18(10-4-1-5-11-18)13-20-17-8-3-2-7-15(17)16-9-6-12-19-16/h15-17,19-21H,1-14H2. The van der Waals surface area contributed by atoms with Crippen molar-refractivity contribution in [2.75, 3.05) is 19.7 Å². The van der Waals surface area contributed by atoms with Crippen molar-refractivity contribution in [3.05, 3.63) is 0 Å². The van der Waals surface area contributed by atoms with Crippen molar-refractivity contribution < 1.29 is 5.11 Å². The molecule has 1 saturated heterocycles. The Balaban J connectivity index is 1.56. The molecule has 0 spiro atoms. The summed E-state index contributed by atoms with van der Waals surface area (Å²) in [4.78, 5) is 0. The molecule has 0 aromatic heterocycles. The summed E-state index contributed by atoms with van der Waals surface area (Å²) in [5.74, 6) is 0.820. The molecule has 3 rings (SSSR count). The molecule has 3 heteroatoms. The Morgan fingerprint density at radius 3 is 2.48 bits per heavy atom. The van der Waals surface area contributed by atoms with Crippen molar-refractivity contribution in [1.29, 1.82) is 0 Å². The van der Waals surface area contributed by atoms with Gasteiger partial charge in [-0.1, -0.05) is 32.1 Å². The maximum absolute atomic E-state index is 9.90. The Hall–Kier alpha value is -0.120. The molecule has 1 heterocycles. The van der Waals surface area contributed by atoms with E-state index in [9.17, 15) is 5.11 Å². The fraction of sp³-hybridized carbons (Fsp3) is 1.00. The fourth-order valence-electron chi connectivity index (χ4n) is 5.01. The molecule has 21 heavy (non-hydrogen) atoms. The van der Waals surface area contributed by atoms with Crippen molar-refractivity contribution in [2.45, 2.75) is 82.7 Å². The number of hydrogen-bond donors (Lipinski definition) is 3. The Morgan fingerprint density at radius 1 is 0.952 bits per heavy atom. The predicted molar refractivity (Wildman–Crippen MR) is 87.4 cm³/mol. The number of aliphatic hydroxyl groups excluding tert-OH is 1. The summed E-state index contributed by atoms with van der Waals surface area (Å²) in [6, 6.07) is 1.43. The van der Waals surface area contributed by atoms with Gasteiger partial charge >= 0.3 is 0 Å². The van der Waals surface area contributed by atoms with Gasteiger partial charge in [0.15, 0.2) is 0 Å². The first-order chi connectivity index (χ1) is 10.3. The lowest BCUT2D eigenvalue weighted by Gasteiger charge is -2.41. The minimum atomic E-state index is 0.184. The van der Waals surface area contributed by atoms with E-state index >= 15 is 0 Å². The van der Waals surface area contributed by atoms with Gasteiger partial charge in [0, 0.05) is 30.7 Å². The van der Waals surface area contributed by atoms with Crippen LogP contribution in [0, 0.1) is 11.3 Å². The van der Waals surface area contributed by atoms with Gasteiger partial charge in [0.2, 0.25) is 0 Å². The summed E-state index contributed by atoms with van der Waals surface area (Å²) in [6.45, 7) is 2.63. The molecule has 3 aliphatic rings. The lowest BCUT2D eigenvalue weighted by Crippen LogP contribution is -2.50. The molecule has 3 atom stereocenters. The van der Waals surface area contributed by atoms with Crippen molar-refractivity contribution in [1.82, 2.24) is 10.6 Å². The van der Waals surface area contributed by atoms with Crippen LogP contribution < -0.4 is 10.6 Å². The Morgan fingerprint density at radius 2 is 1.76 bits per heavy atom. The van der Waals surface area contributed by atoms with E-state index in [-0.39, 0.29) is 5.41 Å². The molecule has 3 nitrogen and oxygen atoms in total. The van der Waals surface area contributed by atoms with E-state index in [0.717, 1.165) is 18.5 Å². The molecule has 0 radical (unpaired) electrons. The average Bonchev–Trinajstić information content (AvgIpc) is 3.08. The molecule has 0 bridgehead atoms. The smallest absolute Gasteiger partial charge is 0.0499 e. The third-order valence-corrected chi connectivity index (χ3v) is 6.42. The average molecular weight is 294 g/mol. The number of aliphatic hydroxyl groups is 1. The fourth-order valence-corrected chi connectivity index (χ4v) is 5.01. The van der Waals surface area contributed by atoms with Crippen molar-refractivity contribution >= 4 is 0 Å². The van der Waals surface area contributed by atoms with Crippen LogP contribution in [-0.4, -0.2) is 36.9 Å². The van der Waals surface area contributed by atoms with Crippen molar-refractivity contribution in [3.8, 4) is 0 Å². The molecule has 1 aliphatic heterocycles. The first-order valence-corrected chi connectivity index (χ1v) is 9.41. The lowest BCUT2D eigenvalue weighted by atomic mass is 9.73. The van der Waals surface area contributed by atoms with E-state index in [4.69, 9.17) is 0 Å². The van der Waals surface area contributed by atoms with Crippen LogP contribution in [0.4, 0.5) is 0 Å². The molecule has 0 amide bonds. The minimum Gasteiger partial charge on any atom is -0.396 e. The van der Waals surface area contributed by atoms with E-state index < -0.39 is 0 Å². The summed E-state index contributed by atoms with van der Waals surface area (Å²) in [5, 5.41) is 17.5. The molecule has 3 fully saturated rings. The lowest BCUT2D eigenvalue weighted by molar-refractivity contribution is 0.0708.